The van der Waals surface area contributed by atoms with Crippen LogP contribution in [0.3, 0.4) is 0 Å². The van der Waals surface area contributed by atoms with Gasteiger partial charge >= 0.3 is 0 Å². The monoisotopic (exact) mass is 532 g/mol. The molecule has 0 bridgehead atoms. The lowest BCUT2D eigenvalue weighted by molar-refractivity contribution is -0.117. The number of aromatic hydroxyl groups is 1. The lowest BCUT2D eigenvalue weighted by atomic mass is 10.1. The molecule has 0 aliphatic heterocycles. The number of carbonyl (C=O) groups excluding carboxylic acids is 2. The van der Waals surface area contributed by atoms with Crippen molar-refractivity contribution in [3.8, 4) is 5.75 Å². The molecule has 0 aromatic heterocycles. The molecule has 0 saturated heterocycles. The molecule has 0 aliphatic carbocycles. The molecule has 0 radical (unpaired) electrons. The summed E-state index contributed by atoms with van der Waals surface area (Å²) in [5, 5.41) is 25.2. The van der Waals surface area contributed by atoms with Crippen molar-refractivity contribution in [3.05, 3.63) is 126 Å². The Morgan fingerprint density at radius 1 is 0.800 bits per heavy atom. The van der Waals surface area contributed by atoms with Gasteiger partial charge in [-0.25, -0.2) is 5.43 Å². The van der Waals surface area contributed by atoms with Crippen molar-refractivity contribution in [1.29, 1.82) is 0 Å². The van der Waals surface area contributed by atoms with Crippen LogP contribution in [0.1, 0.15) is 21.5 Å². The smallest absolute Gasteiger partial charge is 0.287 e. The van der Waals surface area contributed by atoms with Crippen LogP contribution in [0.15, 0.2) is 124 Å². The fraction of sp³-hybridized carbons (Fsp3) is 0.0645. The van der Waals surface area contributed by atoms with Crippen molar-refractivity contribution in [1.82, 2.24) is 10.7 Å². The maximum absolute atomic E-state index is 13.1. The van der Waals surface area contributed by atoms with Crippen LogP contribution < -0.4 is 15.6 Å². The zero-order valence-electron chi connectivity index (χ0n) is 22.0. The summed E-state index contributed by atoms with van der Waals surface area (Å²) in [5.41, 5.74) is 6.02. The van der Waals surface area contributed by atoms with Gasteiger partial charge in [0.25, 0.3) is 11.8 Å². The van der Waals surface area contributed by atoms with E-state index >= 15 is 0 Å². The Hall–Kier alpha value is -5.57. The molecule has 4 aromatic rings. The van der Waals surface area contributed by atoms with E-state index in [4.69, 9.17) is 0 Å². The lowest BCUT2D eigenvalue weighted by Gasteiger charge is -2.12. The van der Waals surface area contributed by atoms with Crippen molar-refractivity contribution in [2.24, 2.45) is 15.3 Å². The topological polar surface area (TPSA) is 119 Å². The highest BCUT2D eigenvalue weighted by Gasteiger charge is 2.14. The van der Waals surface area contributed by atoms with Gasteiger partial charge in [0, 0.05) is 30.9 Å². The first-order valence-electron chi connectivity index (χ1n) is 12.4. The van der Waals surface area contributed by atoms with E-state index in [1.165, 1.54) is 12.3 Å². The molecule has 3 N–H and O–H groups in total. The van der Waals surface area contributed by atoms with Gasteiger partial charge in [0.1, 0.15) is 11.4 Å². The van der Waals surface area contributed by atoms with E-state index in [9.17, 15) is 14.7 Å². The predicted octanol–water partition coefficient (Wildman–Crippen LogP) is 5.79. The van der Waals surface area contributed by atoms with E-state index in [0.717, 1.165) is 5.69 Å². The molecular weight excluding hydrogens is 504 g/mol. The van der Waals surface area contributed by atoms with Gasteiger partial charge in [-0.1, -0.05) is 48.5 Å². The minimum Gasteiger partial charge on any atom is -0.507 e. The van der Waals surface area contributed by atoms with Crippen LogP contribution in [0, 0.1) is 0 Å². The zero-order chi connectivity index (χ0) is 28.3. The number of nitrogens with one attached hydrogen (secondary N) is 2. The minimum absolute atomic E-state index is 0.00163. The van der Waals surface area contributed by atoms with Crippen molar-refractivity contribution >= 4 is 41.2 Å². The third kappa shape index (κ3) is 7.72. The molecule has 9 nitrogen and oxygen atoms in total. The van der Waals surface area contributed by atoms with Gasteiger partial charge in [-0.2, -0.15) is 15.3 Å². The highest BCUT2D eigenvalue weighted by molar-refractivity contribution is 6.05. The first kappa shape index (κ1) is 27.5. The van der Waals surface area contributed by atoms with Crippen LogP contribution in [0.4, 0.5) is 17.1 Å². The summed E-state index contributed by atoms with van der Waals surface area (Å²) in [7, 11) is 3.86. The molecule has 0 unspecified atom stereocenters. The summed E-state index contributed by atoms with van der Waals surface area (Å²) in [5.74, 6) is -1.13. The second-order valence-corrected chi connectivity index (χ2v) is 8.84. The average Bonchev–Trinajstić information content (AvgIpc) is 2.98. The molecule has 40 heavy (non-hydrogen) atoms. The van der Waals surface area contributed by atoms with E-state index < -0.39 is 11.8 Å². The molecular formula is C31H28N6O3. The van der Waals surface area contributed by atoms with Crippen LogP contribution in [0.25, 0.3) is 6.08 Å². The Bertz CT molecular complexity index is 1550. The molecule has 0 spiro atoms. The van der Waals surface area contributed by atoms with E-state index in [-0.39, 0.29) is 11.4 Å². The van der Waals surface area contributed by atoms with Gasteiger partial charge in [-0.05, 0) is 66.2 Å². The lowest BCUT2D eigenvalue weighted by Crippen LogP contribution is -2.32. The molecule has 0 saturated carbocycles. The van der Waals surface area contributed by atoms with Gasteiger partial charge in [0.2, 0.25) is 0 Å². The van der Waals surface area contributed by atoms with E-state index in [2.05, 4.69) is 26.1 Å². The third-order valence-corrected chi connectivity index (χ3v) is 5.67. The van der Waals surface area contributed by atoms with Gasteiger partial charge in [0.15, 0.2) is 0 Å². The van der Waals surface area contributed by atoms with Crippen LogP contribution in [-0.4, -0.2) is 37.2 Å². The Morgan fingerprint density at radius 2 is 1.45 bits per heavy atom. The summed E-state index contributed by atoms with van der Waals surface area (Å²) >= 11 is 0. The van der Waals surface area contributed by atoms with E-state index in [0.29, 0.717) is 28.1 Å². The number of hydrazone groups is 1. The summed E-state index contributed by atoms with van der Waals surface area (Å²) in [6.07, 6.45) is 2.85. The number of hydrogen-bond donors (Lipinski definition) is 3. The minimum atomic E-state index is -0.642. The van der Waals surface area contributed by atoms with Crippen LogP contribution >= 0.6 is 0 Å². The number of anilines is 1. The Kier molecular flexibility index (Phi) is 9.13. The first-order chi connectivity index (χ1) is 19.4. The molecule has 2 amide bonds. The number of phenols is 1. The summed E-state index contributed by atoms with van der Waals surface area (Å²) < 4.78 is 0. The van der Waals surface area contributed by atoms with Gasteiger partial charge in [0.05, 0.1) is 17.6 Å². The maximum atomic E-state index is 13.1. The first-order valence-corrected chi connectivity index (χ1v) is 12.4. The number of rotatable bonds is 9. The molecule has 0 heterocycles. The molecule has 0 fully saturated rings. The van der Waals surface area contributed by atoms with Crippen LogP contribution in [0.5, 0.6) is 5.75 Å². The standard InChI is InChI=1S/C31H28N6O3/c1-37(2)27-16-13-22(14-17-27)19-28(33-30(39)23-9-5-3-6-10-23)31(40)36-32-21-24-20-26(15-18-29(24)38)35-34-25-11-7-4-8-12-25/h3-21,38H,1-2H3,(H,33,39)(H,36,40)/b28-19-,32-21-,35-34?. The highest BCUT2D eigenvalue weighted by atomic mass is 16.3. The summed E-state index contributed by atoms with van der Waals surface area (Å²) in [6, 6.07) is 30.0. The number of nitrogens with zero attached hydrogens (tertiary/aromatic N) is 4. The SMILES string of the molecule is CN(C)c1ccc(/C=C(\NC(=O)c2ccccc2)C(=O)N/N=C\c2cc(N=Nc3ccccc3)ccc2O)cc1. The van der Waals surface area contributed by atoms with E-state index in [1.807, 2.05) is 73.6 Å². The number of hydrogen-bond acceptors (Lipinski definition) is 7. The summed E-state index contributed by atoms with van der Waals surface area (Å²) in [6.45, 7) is 0. The second kappa shape index (κ2) is 13.3. The molecule has 4 rings (SSSR count). The highest BCUT2D eigenvalue weighted by Crippen LogP contribution is 2.24. The molecule has 200 valence electrons. The van der Waals surface area contributed by atoms with Gasteiger partial charge in [-0.3, -0.25) is 9.59 Å². The number of azo groups is 1. The molecule has 4 aromatic carbocycles. The van der Waals surface area contributed by atoms with Crippen molar-refractivity contribution in [3.63, 3.8) is 0 Å². The quantitative estimate of drug-likeness (QED) is 0.109. The number of amides is 2. The number of benzene rings is 4. The fourth-order valence-electron chi connectivity index (χ4n) is 3.52. The van der Waals surface area contributed by atoms with Gasteiger partial charge in [-0.15, -0.1) is 0 Å². The van der Waals surface area contributed by atoms with Crippen LogP contribution in [-0.2, 0) is 4.79 Å². The normalized spacial score (nSPS) is 11.5. The Morgan fingerprint density at radius 3 is 2.12 bits per heavy atom. The van der Waals surface area contributed by atoms with E-state index in [1.54, 1.807) is 48.5 Å². The largest absolute Gasteiger partial charge is 0.507 e. The molecule has 0 atom stereocenters. The predicted molar refractivity (Wildman–Crippen MR) is 157 cm³/mol. The number of carbonyl (C=O) groups is 2. The Labute approximate surface area is 232 Å². The summed E-state index contributed by atoms with van der Waals surface area (Å²) in [4.78, 5) is 27.8. The van der Waals surface area contributed by atoms with Crippen molar-refractivity contribution in [2.45, 2.75) is 0 Å². The second-order valence-electron chi connectivity index (χ2n) is 8.84. The molecule has 9 heteroatoms. The molecule has 0 aliphatic rings. The number of phenolic OH excluding ortho intramolecular Hbond substituents is 1. The third-order valence-electron chi connectivity index (χ3n) is 5.67. The van der Waals surface area contributed by atoms with Crippen molar-refractivity contribution < 1.29 is 14.7 Å². The maximum Gasteiger partial charge on any atom is 0.287 e. The van der Waals surface area contributed by atoms with Gasteiger partial charge < -0.3 is 15.3 Å². The fourth-order valence-corrected chi connectivity index (χ4v) is 3.52. The van der Waals surface area contributed by atoms with Crippen molar-refractivity contribution in [2.75, 3.05) is 19.0 Å². The van der Waals surface area contributed by atoms with Crippen LogP contribution in [0.2, 0.25) is 0 Å². The average molecular weight is 533 g/mol. The Balaban J connectivity index is 1.52. The zero-order valence-corrected chi connectivity index (χ0v) is 22.0.